The van der Waals surface area contributed by atoms with Gasteiger partial charge in [0.15, 0.2) is 5.78 Å². The zero-order valence-electron chi connectivity index (χ0n) is 17.7. The van der Waals surface area contributed by atoms with Crippen molar-refractivity contribution in [3.05, 3.63) is 65.2 Å². The molecule has 2 aromatic carbocycles. The third kappa shape index (κ3) is 8.29. The predicted molar refractivity (Wildman–Crippen MR) is 118 cm³/mol. The first-order chi connectivity index (χ1) is 13.7. The highest BCUT2D eigenvalue weighted by atomic mass is 16.5. The summed E-state index contributed by atoms with van der Waals surface area (Å²) in [5, 5.41) is 0. The van der Waals surface area contributed by atoms with E-state index >= 15 is 0 Å². The van der Waals surface area contributed by atoms with Crippen molar-refractivity contribution < 1.29 is 9.53 Å². The molecule has 0 N–H and O–H groups in total. The van der Waals surface area contributed by atoms with Crippen LogP contribution in [0.2, 0.25) is 0 Å². The summed E-state index contributed by atoms with van der Waals surface area (Å²) < 4.78 is 5.82. The molecule has 0 bridgehead atoms. The zero-order valence-corrected chi connectivity index (χ0v) is 17.7. The molecule has 0 radical (unpaired) electrons. The number of benzene rings is 2. The summed E-state index contributed by atoms with van der Waals surface area (Å²) in [6.07, 6.45) is 13.3. The fourth-order valence-electron chi connectivity index (χ4n) is 3.35. The number of ketones is 1. The fourth-order valence-corrected chi connectivity index (χ4v) is 3.35. The Balaban J connectivity index is 1.59. The maximum atomic E-state index is 12.5. The predicted octanol–water partition coefficient (Wildman–Crippen LogP) is 7.53. The van der Waals surface area contributed by atoms with Gasteiger partial charge in [-0.05, 0) is 37.6 Å². The molecule has 0 aromatic heterocycles. The second-order valence-electron chi connectivity index (χ2n) is 7.75. The minimum absolute atomic E-state index is 0.0567. The van der Waals surface area contributed by atoms with E-state index in [9.17, 15) is 4.79 Å². The molecule has 0 saturated carbocycles. The highest BCUT2D eigenvalue weighted by Crippen LogP contribution is 2.17. The number of carbonyl (C=O) groups is 1. The minimum Gasteiger partial charge on any atom is -0.494 e. The van der Waals surface area contributed by atoms with Gasteiger partial charge in [0.25, 0.3) is 0 Å². The molecule has 0 aliphatic heterocycles. The van der Waals surface area contributed by atoms with Gasteiger partial charge in [-0.2, -0.15) is 0 Å². The quantitative estimate of drug-likeness (QED) is 0.250. The van der Waals surface area contributed by atoms with Crippen molar-refractivity contribution in [2.24, 2.45) is 0 Å². The SMILES string of the molecule is CCCCCCCCCCCCOc1ccc(C(=O)c2ccc(C)cc2)cc1. The van der Waals surface area contributed by atoms with Crippen molar-refractivity contribution in [3.63, 3.8) is 0 Å². The van der Waals surface area contributed by atoms with Crippen LogP contribution in [0.3, 0.4) is 0 Å². The van der Waals surface area contributed by atoms with Gasteiger partial charge in [0.05, 0.1) is 6.61 Å². The van der Waals surface area contributed by atoms with Crippen LogP contribution in [0.5, 0.6) is 5.75 Å². The average Bonchev–Trinajstić information content (AvgIpc) is 2.72. The molecular formula is C26H36O2. The van der Waals surface area contributed by atoms with E-state index in [4.69, 9.17) is 4.74 Å². The molecule has 152 valence electrons. The van der Waals surface area contributed by atoms with Crippen LogP contribution in [0.1, 0.15) is 92.6 Å². The van der Waals surface area contributed by atoms with Crippen molar-refractivity contribution in [1.82, 2.24) is 0 Å². The molecule has 0 saturated heterocycles. The van der Waals surface area contributed by atoms with Crippen LogP contribution in [-0.4, -0.2) is 12.4 Å². The van der Waals surface area contributed by atoms with E-state index in [1.54, 1.807) is 0 Å². The van der Waals surface area contributed by atoms with Gasteiger partial charge in [0.1, 0.15) is 5.75 Å². The van der Waals surface area contributed by atoms with Gasteiger partial charge in [-0.25, -0.2) is 0 Å². The summed E-state index contributed by atoms with van der Waals surface area (Å²) in [5.74, 6) is 0.901. The van der Waals surface area contributed by atoms with Crippen LogP contribution >= 0.6 is 0 Å². The molecule has 28 heavy (non-hydrogen) atoms. The van der Waals surface area contributed by atoms with Crippen molar-refractivity contribution in [2.75, 3.05) is 6.61 Å². The van der Waals surface area contributed by atoms with Crippen molar-refractivity contribution in [2.45, 2.75) is 78.1 Å². The molecule has 0 aliphatic rings. The van der Waals surface area contributed by atoms with E-state index in [1.165, 1.54) is 57.8 Å². The topological polar surface area (TPSA) is 26.3 Å². The molecule has 0 fully saturated rings. The Kier molecular flexibility index (Phi) is 10.4. The lowest BCUT2D eigenvalue weighted by Gasteiger charge is -2.07. The van der Waals surface area contributed by atoms with E-state index in [-0.39, 0.29) is 5.78 Å². The van der Waals surface area contributed by atoms with Gasteiger partial charge in [-0.3, -0.25) is 4.79 Å². The van der Waals surface area contributed by atoms with E-state index in [0.717, 1.165) is 29.9 Å². The Morgan fingerprint density at radius 1 is 0.679 bits per heavy atom. The molecular weight excluding hydrogens is 344 g/mol. The molecule has 2 nitrogen and oxygen atoms in total. The summed E-state index contributed by atoms with van der Waals surface area (Å²) in [6.45, 7) is 5.04. The third-order valence-corrected chi connectivity index (χ3v) is 5.20. The molecule has 0 amide bonds. The Hall–Kier alpha value is -2.09. The summed E-state index contributed by atoms with van der Waals surface area (Å²) in [5.41, 5.74) is 2.59. The summed E-state index contributed by atoms with van der Waals surface area (Å²) in [6, 6.07) is 15.2. The lowest BCUT2D eigenvalue weighted by molar-refractivity contribution is 0.103. The van der Waals surface area contributed by atoms with Gasteiger partial charge in [-0.15, -0.1) is 0 Å². The standard InChI is InChI=1S/C26H36O2/c1-3-4-5-6-7-8-9-10-11-12-21-28-25-19-17-24(18-20-25)26(27)23-15-13-22(2)14-16-23/h13-20H,3-12,21H2,1-2H3. The van der Waals surface area contributed by atoms with Crippen LogP contribution in [0.15, 0.2) is 48.5 Å². The summed E-state index contributed by atoms with van der Waals surface area (Å²) in [4.78, 5) is 12.5. The molecule has 0 atom stereocenters. The maximum Gasteiger partial charge on any atom is 0.193 e. The molecule has 2 rings (SSSR count). The first-order valence-corrected chi connectivity index (χ1v) is 11.0. The number of hydrogen-bond acceptors (Lipinski definition) is 2. The largest absolute Gasteiger partial charge is 0.494 e. The Labute approximate surface area is 171 Å². The van der Waals surface area contributed by atoms with Gasteiger partial charge in [0.2, 0.25) is 0 Å². The van der Waals surface area contributed by atoms with Gasteiger partial charge in [0, 0.05) is 11.1 Å². The van der Waals surface area contributed by atoms with E-state index < -0.39 is 0 Å². The Bertz CT molecular complexity index is 671. The number of rotatable bonds is 14. The van der Waals surface area contributed by atoms with Crippen molar-refractivity contribution >= 4 is 5.78 Å². The van der Waals surface area contributed by atoms with Gasteiger partial charge >= 0.3 is 0 Å². The molecule has 2 heteroatoms. The first kappa shape index (κ1) is 22.2. The zero-order chi connectivity index (χ0) is 20.0. The van der Waals surface area contributed by atoms with E-state index in [0.29, 0.717) is 5.56 Å². The second kappa shape index (κ2) is 13.1. The Morgan fingerprint density at radius 3 is 1.68 bits per heavy atom. The highest BCUT2D eigenvalue weighted by molar-refractivity contribution is 6.09. The molecule has 0 aliphatic carbocycles. The number of carbonyl (C=O) groups excluding carboxylic acids is 1. The van der Waals surface area contributed by atoms with Gasteiger partial charge in [-0.1, -0.05) is 94.5 Å². The van der Waals surface area contributed by atoms with E-state index in [2.05, 4.69) is 6.92 Å². The molecule has 0 unspecified atom stereocenters. The second-order valence-corrected chi connectivity index (χ2v) is 7.75. The maximum absolute atomic E-state index is 12.5. The normalized spacial score (nSPS) is 10.8. The monoisotopic (exact) mass is 380 g/mol. The number of aryl methyl sites for hydroxylation is 1. The lowest BCUT2D eigenvalue weighted by Crippen LogP contribution is -2.02. The average molecular weight is 381 g/mol. The third-order valence-electron chi connectivity index (χ3n) is 5.20. The molecule has 2 aromatic rings. The molecule has 0 spiro atoms. The fraction of sp³-hybridized carbons (Fsp3) is 0.500. The van der Waals surface area contributed by atoms with Crippen LogP contribution in [0.25, 0.3) is 0 Å². The van der Waals surface area contributed by atoms with Crippen LogP contribution in [0, 0.1) is 6.92 Å². The number of ether oxygens (including phenoxy) is 1. The van der Waals surface area contributed by atoms with Crippen LogP contribution < -0.4 is 4.74 Å². The summed E-state index contributed by atoms with van der Waals surface area (Å²) in [7, 11) is 0. The van der Waals surface area contributed by atoms with Gasteiger partial charge < -0.3 is 4.74 Å². The van der Waals surface area contributed by atoms with E-state index in [1.807, 2.05) is 55.5 Å². The lowest BCUT2D eigenvalue weighted by atomic mass is 10.0. The highest BCUT2D eigenvalue weighted by Gasteiger charge is 2.08. The summed E-state index contributed by atoms with van der Waals surface area (Å²) >= 11 is 0. The number of unbranched alkanes of at least 4 members (excludes halogenated alkanes) is 9. The van der Waals surface area contributed by atoms with Crippen LogP contribution in [-0.2, 0) is 0 Å². The number of hydrogen-bond donors (Lipinski definition) is 0. The minimum atomic E-state index is 0.0567. The van der Waals surface area contributed by atoms with Crippen LogP contribution in [0.4, 0.5) is 0 Å². The van der Waals surface area contributed by atoms with Crippen molar-refractivity contribution in [3.8, 4) is 5.75 Å². The first-order valence-electron chi connectivity index (χ1n) is 11.0. The Morgan fingerprint density at radius 2 is 1.14 bits per heavy atom. The smallest absolute Gasteiger partial charge is 0.193 e. The van der Waals surface area contributed by atoms with Crippen molar-refractivity contribution in [1.29, 1.82) is 0 Å². The molecule has 0 heterocycles.